The van der Waals surface area contributed by atoms with Gasteiger partial charge in [-0.25, -0.2) is 9.59 Å². The number of benzene rings is 2. The number of likely N-dealkylation sites (tertiary alicyclic amines) is 1. The van der Waals surface area contributed by atoms with E-state index in [4.69, 9.17) is 4.74 Å². The molecule has 4 atom stereocenters. The minimum Gasteiger partial charge on any atom is -0.480 e. The number of aliphatic hydroxyl groups excluding tert-OH is 1. The fourth-order valence-corrected chi connectivity index (χ4v) is 4.92. The fraction of sp³-hybridized carbons (Fsp3) is 0.423. The predicted molar refractivity (Wildman–Crippen MR) is 125 cm³/mol. The molecule has 2 unspecified atom stereocenters. The predicted octanol–water partition coefficient (Wildman–Crippen LogP) is 2.99. The zero-order valence-electron chi connectivity index (χ0n) is 19.3. The van der Waals surface area contributed by atoms with Crippen molar-refractivity contribution in [3.8, 4) is 11.1 Å². The Kier molecular flexibility index (Phi) is 6.88. The molecule has 1 fully saturated rings. The average molecular weight is 467 g/mol. The molecule has 0 radical (unpaired) electrons. The van der Waals surface area contributed by atoms with Crippen LogP contribution in [0.3, 0.4) is 0 Å². The SMILES string of the molecule is CCC(C)C(NC(=O)OCC1c2ccccc2-c2ccccc21)C(=O)N1C[C@H](O)C[C@@H]1C(=O)O. The molecule has 1 saturated heterocycles. The van der Waals surface area contributed by atoms with E-state index in [1.807, 2.05) is 50.2 Å². The number of carboxylic acids is 1. The molecular weight excluding hydrogens is 436 g/mol. The Morgan fingerprint density at radius 2 is 1.68 bits per heavy atom. The summed E-state index contributed by atoms with van der Waals surface area (Å²) in [6.45, 7) is 3.74. The van der Waals surface area contributed by atoms with Crippen LogP contribution in [0.1, 0.15) is 43.7 Å². The number of alkyl carbamates (subject to hydrolysis) is 1. The molecule has 34 heavy (non-hydrogen) atoms. The highest BCUT2D eigenvalue weighted by Gasteiger charge is 2.42. The number of rotatable bonds is 7. The van der Waals surface area contributed by atoms with Gasteiger partial charge < -0.3 is 25.2 Å². The standard InChI is InChI=1S/C26H30N2O6/c1-3-15(2)23(24(30)28-13-16(29)12-22(28)25(31)32)27-26(33)34-14-21-19-10-6-4-8-17(19)18-9-5-7-11-20(18)21/h4-11,15-16,21-23,29H,3,12-14H2,1-2H3,(H,27,33)(H,31,32)/t15?,16-,22-,23?/m1/s1. The number of β-amino-alcohol motifs (C(OH)–C–C–N with tert-alkyl or cyclic N) is 1. The van der Waals surface area contributed by atoms with Gasteiger partial charge in [0.05, 0.1) is 6.10 Å². The molecular formula is C26H30N2O6. The molecule has 4 rings (SSSR count). The number of carbonyl (C=O) groups is 3. The van der Waals surface area contributed by atoms with Gasteiger partial charge in [0.15, 0.2) is 0 Å². The van der Waals surface area contributed by atoms with E-state index in [0.29, 0.717) is 6.42 Å². The van der Waals surface area contributed by atoms with Gasteiger partial charge in [0.2, 0.25) is 5.91 Å². The number of hydrogen-bond acceptors (Lipinski definition) is 5. The third-order valence-electron chi connectivity index (χ3n) is 6.94. The van der Waals surface area contributed by atoms with E-state index in [0.717, 1.165) is 27.2 Å². The number of nitrogens with zero attached hydrogens (tertiary/aromatic N) is 1. The maximum atomic E-state index is 13.2. The van der Waals surface area contributed by atoms with E-state index in [9.17, 15) is 24.6 Å². The number of hydrogen-bond donors (Lipinski definition) is 3. The summed E-state index contributed by atoms with van der Waals surface area (Å²) in [4.78, 5) is 38.7. The van der Waals surface area contributed by atoms with Crippen molar-refractivity contribution >= 4 is 18.0 Å². The number of carboxylic acid groups (broad SMARTS) is 1. The highest BCUT2D eigenvalue weighted by molar-refractivity contribution is 5.90. The Bertz CT molecular complexity index is 1040. The van der Waals surface area contributed by atoms with Crippen LogP contribution in [0.2, 0.25) is 0 Å². The van der Waals surface area contributed by atoms with E-state index in [2.05, 4.69) is 17.4 Å². The first kappa shape index (κ1) is 23.8. The van der Waals surface area contributed by atoms with Crippen molar-refractivity contribution < 1.29 is 29.3 Å². The van der Waals surface area contributed by atoms with Gasteiger partial charge in [-0.2, -0.15) is 0 Å². The number of amides is 2. The Labute approximate surface area is 198 Å². The van der Waals surface area contributed by atoms with E-state index in [1.165, 1.54) is 0 Å². The summed E-state index contributed by atoms with van der Waals surface area (Å²) in [6.07, 6.45) is -1.07. The summed E-state index contributed by atoms with van der Waals surface area (Å²) in [6, 6.07) is 14.0. The van der Waals surface area contributed by atoms with E-state index in [-0.39, 0.29) is 31.4 Å². The Morgan fingerprint density at radius 3 is 2.24 bits per heavy atom. The molecule has 2 amide bonds. The van der Waals surface area contributed by atoms with Crippen LogP contribution in [-0.2, 0) is 14.3 Å². The number of aliphatic hydroxyl groups is 1. The van der Waals surface area contributed by atoms with Gasteiger partial charge in [-0.05, 0) is 28.2 Å². The Balaban J connectivity index is 1.46. The zero-order chi connectivity index (χ0) is 24.4. The van der Waals surface area contributed by atoms with Gasteiger partial charge >= 0.3 is 12.1 Å². The van der Waals surface area contributed by atoms with Crippen LogP contribution in [0.15, 0.2) is 48.5 Å². The normalized spacial score (nSPS) is 20.9. The maximum Gasteiger partial charge on any atom is 0.407 e. The first-order chi connectivity index (χ1) is 16.3. The first-order valence-corrected chi connectivity index (χ1v) is 11.6. The smallest absolute Gasteiger partial charge is 0.407 e. The summed E-state index contributed by atoms with van der Waals surface area (Å²) in [5, 5.41) is 22.0. The minimum atomic E-state index is -1.17. The summed E-state index contributed by atoms with van der Waals surface area (Å²) >= 11 is 0. The van der Waals surface area contributed by atoms with Crippen molar-refractivity contribution in [3.63, 3.8) is 0 Å². The quantitative estimate of drug-likeness (QED) is 0.578. The van der Waals surface area contributed by atoms with E-state index in [1.54, 1.807) is 0 Å². The van der Waals surface area contributed by atoms with Gasteiger partial charge in [0, 0.05) is 18.9 Å². The van der Waals surface area contributed by atoms with Crippen molar-refractivity contribution in [1.29, 1.82) is 0 Å². The fourth-order valence-electron chi connectivity index (χ4n) is 4.92. The second-order valence-electron chi connectivity index (χ2n) is 9.07. The van der Waals surface area contributed by atoms with Crippen molar-refractivity contribution in [2.45, 2.75) is 50.8 Å². The number of aliphatic carboxylic acids is 1. The molecule has 0 spiro atoms. The molecule has 180 valence electrons. The van der Waals surface area contributed by atoms with Crippen molar-refractivity contribution in [3.05, 3.63) is 59.7 Å². The summed E-state index contributed by atoms with van der Waals surface area (Å²) < 4.78 is 5.59. The van der Waals surface area contributed by atoms with Crippen LogP contribution in [0.5, 0.6) is 0 Å². The van der Waals surface area contributed by atoms with E-state index < -0.39 is 36.2 Å². The number of nitrogens with one attached hydrogen (secondary N) is 1. The van der Waals surface area contributed by atoms with Crippen LogP contribution >= 0.6 is 0 Å². The van der Waals surface area contributed by atoms with Gasteiger partial charge in [0.25, 0.3) is 0 Å². The lowest BCUT2D eigenvalue weighted by molar-refractivity contribution is -0.149. The third-order valence-corrected chi connectivity index (χ3v) is 6.94. The lowest BCUT2D eigenvalue weighted by Gasteiger charge is -2.30. The number of fused-ring (bicyclic) bond motifs is 3. The largest absolute Gasteiger partial charge is 0.480 e. The van der Waals surface area contributed by atoms with Gasteiger partial charge in [-0.1, -0.05) is 68.8 Å². The molecule has 1 aliphatic heterocycles. The van der Waals surface area contributed by atoms with Crippen molar-refractivity contribution in [2.75, 3.05) is 13.2 Å². The monoisotopic (exact) mass is 466 g/mol. The molecule has 2 aliphatic rings. The molecule has 3 N–H and O–H groups in total. The molecule has 8 nitrogen and oxygen atoms in total. The molecule has 1 heterocycles. The summed E-state index contributed by atoms with van der Waals surface area (Å²) in [5.41, 5.74) is 4.40. The minimum absolute atomic E-state index is 0.0285. The second-order valence-corrected chi connectivity index (χ2v) is 9.07. The summed E-state index contributed by atoms with van der Waals surface area (Å²) in [7, 11) is 0. The lowest BCUT2D eigenvalue weighted by Crippen LogP contribution is -2.54. The van der Waals surface area contributed by atoms with Crippen molar-refractivity contribution in [2.24, 2.45) is 5.92 Å². The number of carbonyl (C=O) groups excluding carboxylic acids is 2. The maximum absolute atomic E-state index is 13.2. The molecule has 0 bridgehead atoms. The Hall–Kier alpha value is -3.39. The average Bonchev–Trinajstić information content (AvgIpc) is 3.38. The molecule has 2 aromatic rings. The number of ether oxygens (including phenoxy) is 1. The van der Waals surface area contributed by atoms with Crippen LogP contribution in [0.25, 0.3) is 11.1 Å². The third kappa shape index (κ3) is 4.50. The molecule has 1 aliphatic carbocycles. The first-order valence-electron chi connectivity index (χ1n) is 11.6. The van der Waals surface area contributed by atoms with Gasteiger partial charge in [-0.3, -0.25) is 4.79 Å². The van der Waals surface area contributed by atoms with Crippen LogP contribution < -0.4 is 5.32 Å². The summed E-state index contributed by atoms with van der Waals surface area (Å²) in [5.74, 6) is -2.05. The van der Waals surface area contributed by atoms with Gasteiger partial charge in [-0.15, -0.1) is 0 Å². The second kappa shape index (κ2) is 9.85. The molecule has 8 heteroatoms. The lowest BCUT2D eigenvalue weighted by atomic mass is 9.97. The highest BCUT2D eigenvalue weighted by atomic mass is 16.5. The highest BCUT2D eigenvalue weighted by Crippen LogP contribution is 2.44. The van der Waals surface area contributed by atoms with Crippen LogP contribution in [-0.4, -0.2) is 64.4 Å². The van der Waals surface area contributed by atoms with Crippen LogP contribution in [0, 0.1) is 5.92 Å². The van der Waals surface area contributed by atoms with Gasteiger partial charge in [0.1, 0.15) is 18.7 Å². The van der Waals surface area contributed by atoms with Crippen molar-refractivity contribution in [1.82, 2.24) is 10.2 Å². The molecule has 0 saturated carbocycles. The van der Waals surface area contributed by atoms with E-state index >= 15 is 0 Å². The van der Waals surface area contributed by atoms with Crippen LogP contribution in [0.4, 0.5) is 4.79 Å². The molecule has 2 aromatic carbocycles. The molecule has 0 aromatic heterocycles. The zero-order valence-corrected chi connectivity index (χ0v) is 19.3. The topological polar surface area (TPSA) is 116 Å². The Morgan fingerprint density at radius 1 is 1.09 bits per heavy atom.